The quantitative estimate of drug-likeness (QED) is 0.400. The maximum atomic E-state index is 13.3. The SMILES string of the molecule is CCC(=O)Oc1c(C(C)=O)c(C)cc2c1C(=O)c1c(OC)cccc1C2=O. The van der Waals surface area contributed by atoms with E-state index in [1.165, 1.54) is 20.1 Å². The van der Waals surface area contributed by atoms with Gasteiger partial charge in [-0.25, -0.2) is 0 Å². The van der Waals surface area contributed by atoms with Gasteiger partial charge in [0.1, 0.15) is 5.75 Å². The lowest BCUT2D eigenvalue weighted by atomic mass is 9.80. The highest BCUT2D eigenvalue weighted by atomic mass is 16.5. The normalized spacial score (nSPS) is 12.3. The van der Waals surface area contributed by atoms with Crippen molar-refractivity contribution >= 4 is 23.3 Å². The van der Waals surface area contributed by atoms with Gasteiger partial charge in [-0.1, -0.05) is 19.1 Å². The summed E-state index contributed by atoms with van der Waals surface area (Å²) in [5, 5.41) is 0. The van der Waals surface area contributed by atoms with Gasteiger partial charge in [-0.15, -0.1) is 0 Å². The molecule has 0 spiro atoms. The maximum Gasteiger partial charge on any atom is 0.310 e. The molecule has 27 heavy (non-hydrogen) atoms. The predicted molar refractivity (Wildman–Crippen MR) is 97.0 cm³/mol. The van der Waals surface area contributed by atoms with E-state index in [9.17, 15) is 19.2 Å². The molecule has 0 aromatic heterocycles. The molecule has 0 atom stereocenters. The number of carbonyl (C=O) groups is 4. The minimum absolute atomic E-state index is 0.0576. The number of carbonyl (C=O) groups excluding carboxylic acids is 4. The lowest BCUT2D eigenvalue weighted by Gasteiger charge is -2.23. The zero-order chi connectivity index (χ0) is 19.9. The van der Waals surface area contributed by atoms with Crippen LogP contribution in [0.5, 0.6) is 11.5 Å². The average Bonchev–Trinajstić information content (AvgIpc) is 2.64. The van der Waals surface area contributed by atoms with Crippen LogP contribution in [0, 0.1) is 6.92 Å². The van der Waals surface area contributed by atoms with Gasteiger partial charge in [0.2, 0.25) is 5.78 Å². The molecule has 0 bridgehead atoms. The minimum Gasteiger partial charge on any atom is -0.496 e. The lowest BCUT2D eigenvalue weighted by Crippen LogP contribution is -2.25. The Morgan fingerprint density at radius 3 is 2.33 bits per heavy atom. The summed E-state index contributed by atoms with van der Waals surface area (Å²) in [7, 11) is 1.40. The Morgan fingerprint density at radius 1 is 1.04 bits per heavy atom. The zero-order valence-corrected chi connectivity index (χ0v) is 15.5. The van der Waals surface area contributed by atoms with Gasteiger partial charge in [0, 0.05) is 17.5 Å². The largest absolute Gasteiger partial charge is 0.496 e. The second-order valence-corrected chi connectivity index (χ2v) is 6.25. The van der Waals surface area contributed by atoms with Crippen LogP contribution in [0.2, 0.25) is 0 Å². The molecular formula is C21H18O6. The summed E-state index contributed by atoms with van der Waals surface area (Å²) >= 11 is 0. The number of aryl methyl sites for hydroxylation is 1. The predicted octanol–water partition coefficient (Wildman–Crippen LogP) is 3.30. The Labute approximate surface area is 156 Å². The zero-order valence-electron chi connectivity index (χ0n) is 15.5. The molecule has 0 amide bonds. The van der Waals surface area contributed by atoms with E-state index in [1.807, 2.05) is 0 Å². The molecule has 0 radical (unpaired) electrons. The van der Waals surface area contributed by atoms with Gasteiger partial charge in [0.05, 0.1) is 23.8 Å². The van der Waals surface area contributed by atoms with E-state index < -0.39 is 11.8 Å². The molecule has 0 fully saturated rings. The molecule has 138 valence electrons. The van der Waals surface area contributed by atoms with Crippen molar-refractivity contribution in [3.63, 3.8) is 0 Å². The average molecular weight is 366 g/mol. The number of Topliss-reactive ketones (excluding diaryl/α,β-unsaturated/α-hetero) is 1. The number of ketones is 3. The number of hydrogen-bond donors (Lipinski definition) is 0. The maximum absolute atomic E-state index is 13.3. The Bertz CT molecular complexity index is 1020. The topological polar surface area (TPSA) is 86.7 Å². The monoisotopic (exact) mass is 366 g/mol. The number of rotatable bonds is 4. The van der Waals surface area contributed by atoms with Crippen LogP contribution in [0.3, 0.4) is 0 Å². The summed E-state index contributed by atoms with van der Waals surface area (Å²) in [6, 6.07) is 6.25. The van der Waals surface area contributed by atoms with Crippen molar-refractivity contribution in [1.29, 1.82) is 0 Å². The second-order valence-electron chi connectivity index (χ2n) is 6.25. The van der Waals surface area contributed by atoms with Crippen LogP contribution in [0.25, 0.3) is 0 Å². The van der Waals surface area contributed by atoms with Crippen molar-refractivity contribution in [2.24, 2.45) is 0 Å². The van der Waals surface area contributed by atoms with E-state index in [-0.39, 0.29) is 57.3 Å². The van der Waals surface area contributed by atoms with Gasteiger partial charge >= 0.3 is 5.97 Å². The number of benzene rings is 2. The molecule has 0 heterocycles. The van der Waals surface area contributed by atoms with Crippen molar-refractivity contribution in [3.05, 3.63) is 57.6 Å². The van der Waals surface area contributed by atoms with Crippen molar-refractivity contribution in [3.8, 4) is 11.5 Å². The third-order valence-corrected chi connectivity index (χ3v) is 4.52. The van der Waals surface area contributed by atoms with Crippen molar-refractivity contribution < 1.29 is 28.7 Å². The van der Waals surface area contributed by atoms with Crippen molar-refractivity contribution in [1.82, 2.24) is 0 Å². The molecule has 0 unspecified atom stereocenters. The molecule has 0 saturated carbocycles. The number of methoxy groups -OCH3 is 1. The van der Waals surface area contributed by atoms with Crippen molar-refractivity contribution in [2.75, 3.05) is 7.11 Å². The second kappa shape index (κ2) is 6.79. The van der Waals surface area contributed by atoms with Crippen LogP contribution in [-0.2, 0) is 4.79 Å². The fourth-order valence-corrected chi connectivity index (χ4v) is 3.31. The molecule has 2 aromatic carbocycles. The van der Waals surface area contributed by atoms with Gasteiger partial charge in [-0.05, 0) is 31.5 Å². The molecular weight excluding hydrogens is 348 g/mol. The Balaban J connectivity index is 2.39. The third kappa shape index (κ3) is 2.83. The first-order valence-electron chi connectivity index (χ1n) is 8.47. The van der Waals surface area contributed by atoms with Gasteiger partial charge in [0.25, 0.3) is 0 Å². The summed E-state index contributed by atoms with van der Waals surface area (Å²) in [5.74, 6) is -1.77. The molecule has 6 heteroatoms. The first-order valence-corrected chi connectivity index (χ1v) is 8.47. The van der Waals surface area contributed by atoms with Crippen LogP contribution in [-0.4, -0.2) is 30.4 Å². The molecule has 6 nitrogen and oxygen atoms in total. The van der Waals surface area contributed by atoms with Gasteiger partial charge in [-0.3, -0.25) is 19.2 Å². The van der Waals surface area contributed by atoms with Gasteiger partial charge in [0.15, 0.2) is 17.3 Å². The van der Waals surface area contributed by atoms with Gasteiger partial charge < -0.3 is 9.47 Å². The van der Waals surface area contributed by atoms with Gasteiger partial charge in [-0.2, -0.15) is 0 Å². The molecule has 1 aliphatic rings. The third-order valence-electron chi connectivity index (χ3n) is 4.52. The fraction of sp³-hybridized carbons (Fsp3) is 0.238. The summed E-state index contributed by atoms with van der Waals surface area (Å²) in [5.41, 5.74) is 0.943. The van der Waals surface area contributed by atoms with E-state index in [2.05, 4.69) is 0 Å². The van der Waals surface area contributed by atoms with Crippen LogP contribution in [0.15, 0.2) is 24.3 Å². The van der Waals surface area contributed by atoms with Crippen LogP contribution < -0.4 is 9.47 Å². The van der Waals surface area contributed by atoms with E-state index >= 15 is 0 Å². The Morgan fingerprint density at radius 2 is 1.74 bits per heavy atom. The number of ether oxygens (including phenoxy) is 2. The van der Waals surface area contributed by atoms with Crippen LogP contribution >= 0.6 is 0 Å². The minimum atomic E-state index is -0.601. The van der Waals surface area contributed by atoms with E-state index in [1.54, 1.807) is 32.0 Å². The van der Waals surface area contributed by atoms with Crippen LogP contribution in [0.4, 0.5) is 0 Å². The molecule has 0 aliphatic heterocycles. The first kappa shape index (κ1) is 18.5. The highest BCUT2D eigenvalue weighted by molar-refractivity contribution is 6.31. The highest BCUT2D eigenvalue weighted by Crippen LogP contribution is 2.40. The molecule has 1 aliphatic carbocycles. The summed E-state index contributed by atoms with van der Waals surface area (Å²) < 4.78 is 10.6. The number of hydrogen-bond acceptors (Lipinski definition) is 6. The highest BCUT2D eigenvalue weighted by Gasteiger charge is 2.37. The van der Waals surface area contributed by atoms with E-state index in [0.717, 1.165) is 0 Å². The van der Waals surface area contributed by atoms with E-state index in [4.69, 9.17) is 9.47 Å². The Hall–Kier alpha value is -3.28. The summed E-state index contributed by atoms with van der Waals surface area (Å²) in [6.45, 7) is 4.56. The lowest BCUT2D eigenvalue weighted by molar-refractivity contribution is -0.134. The van der Waals surface area contributed by atoms with E-state index in [0.29, 0.717) is 5.56 Å². The molecule has 0 N–H and O–H groups in total. The summed E-state index contributed by atoms with van der Waals surface area (Å²) in [4.78, 5) is 50.4. The molecule has 0 saturated heterocycles. The number of fused-ring (bicyclic) bond motifs is 2. The smallest absolute Gasteiger partial charge is 0.310 e. The summed E-state index contributed by atoms with van der Waals surface area (Å²) in [6.07, 6.45) is 0.0576. The molecule has 3 rings (SSSR count). The number of esters is 1. The molecule has 2 aromatic rings. The Kier molecular flexibility index (Phi) is 4.66. The first-order chi connectivity index (χ1) is 12.8. The fourth-order valence-electron chi connectivity index (χ4n) is 3.31. The van der Waals surface area contributed by atoms with Crippen LogP contribution in [0.1, 0.15) is 68.0 Å². The van der Waals surface area contributed by atoms with Crippen molar-refractivity contribution in [2.45, 2.75) is 27.2 Å². The standard InChI is InChI=1S/C21H18O6/c1-5-15(23)27-21-16(11(3)22)10(2)9-13-18(21)20(25)17-12(19(13)24)7-6-8-14(17)26-4/h6-9H,5H2,1-4H3.